The first-order chi connectivity index (χ1) is 11.3. The molecule has 1 aromatic heterocycles. The number of fused-ring (bicyclic) bond motifs is 1. The predicted octanol–water partition coefficient (Wildman–Crippen LogP) is 3.58. The maximum absolute atomic E-state index is 13.7. The van der Waals surface area contributed by atoms with E-state index in [0.717, 1.165) is 35.0 Å². The molecule has 3 nitrogen and oxygen atoms in total. The molecule has 0 aliphatic rings. The van der Waals surface area contributed by atoms with Crippen LogP contribution >= 0.6 is 0 Å². The van der Waals surface area contributed by atoms with Crippen LogP contribution in [0.3, 0.4) is 0 Å². The molecule has 0 fully saturated rings. The highest BCUT2D eigenvalue weighted by Crippen LogP contribution is 2.18. The van der Waals surface area contributed by atoms with Crippen LogP contribution in [0.25, 0.3) is 10.9 Å². The molecule has 1 heterocycles. The lowest BCUT2D eigenvalue weighted by molar-refractivity contribution is 0.622. The van der Waals surface area contributed by atoms with E-state index in [4.69, 9.17) is 5.26 Å². The summed E-state index contributed by atoms with van der Waals surface area (Å²) in [6.45, 7) is 1.31. The van der Waals surface area contributed by atoms with Crippen molar-refractivity contribution in [3.8, 4) is 6.07 Å². The number of hydrogen-bond acceptors (Lipinski definition) is 3. The first-order valence-corrected chi connectivity index (χ1v) is 7.49. The molecule has 3 aromatic rings. The summed E-state index contributed by atoms with van der Waals surface area (Å²) >= 11 is 0. The van der Waals surface area contributed by atoms with E-state index in [1.54, 1.807) is 18.3 Å². The monoisotopic (exact) mass is 305 g/mol. The Morgan fingerprint density at radius 1 is 1.13 bits per heavy atom. The Balaban J connectivity index is 1.64. The zero-order valence-electron chi connectivity index (χ0n) is 12.6. The van der Waals surface area contributed by atoms with Gasteiger partial charge in [-0.2, -0.15) is 5.26 Å². The number of rotatable bonds is 5. The summed E-state index contributed by atoms with van der Waals surface area (Å²) < 4.78 is 13.7. The van der Waals surface area contributed by atoms with Gasteiger partial charge < -0.3 is 5.32 Å². The quantitative estimate of drug-likeness (QED) is 0.733. The maximum Gasteiger partial charge on any atom is 0.124 e. The van der Waals surface area contributed by atoms with E-state index in [0.29, 0.717) is 12.1 Å². The van der Waals surface area contributed by atoms with Crippen LogP contribution in [-0.2, 0) is 13.0 Å². The van der Waals surface area contributed by atoms with Gasteiger partial charge in [0.05, 0.1) is 17.1 Å². The molecule has 0 radical (unpaired) electrons. The number of nitriles is 1. The van der Waals surface area contributed by atoms with Crippen molar-refractivity contribution in [3.05, 3.63) is 77.2 Å². The van der Waals surface area contributed by atoms with Crippen molar-refractivity contribution >= 4 is 10.9 Å². The molecule has 1 N–H and O–H groups in total. The molecule has 0 unspecified atom stereocenters. The zero-order valence-corrected chi connectivity index (χ0v) is 12.6. The fourth-order valence-electron chi connectivity index (χ4n) is 2.61. The summed E-state index contributed by atoms with van der Waals surface area (Å²) in [6, 6.07) is 16.4. The van der Waals surface area contributed by atoms with Gasteiger partial charge in [-0.15, -0.1) is 0 Å². The van der Waals surface area contributed by atoms with Crippen molar-refractivity contribution < 1.29 is 4.39 Å². The van der Waals surface area contributed by atoms with Gasteiger partial charge in [0.15, 0.2) is 0 Å². The third-order valence-corrected chi connectivity index (χ3v) is 3.71. The summed E-state index contributed by atoms with van der Waals surface area (Å²) in [5.41, 5.74) is 3.46. The molecule has 3 rings (SSSR count). The average Bonchev–Trinajstić information content (AvgIpc) is 2.58. The Labute approximate surface area is 134 Å². The number of nitrogens with zero attached hydrogens (tertiary/aromatic N) is 2. The minimum Gasteiger partial charge on any atom is -0.312 e. The molecular formula is C19H16FN3. The number of hydrogen-bond donors (Lipinski definition) is 1. The fraction of sp³-hybridized carbons (Fsp3) is 0.158. The van der Waals surface area contributed by atoms with E-state index in [-0.39, 0.29) is 5.82 Å². The number of nitrogens with one attached hydrogen (secondary N) is 1. The van der Waals surface area contributed by atoms with E-state index in [1.807, 2.05) is 24.3 Å². The first kappa shape index (κ1) is 15.1. The van der Waals surface area contributed by atoms with Crippen LogP contribution in [0.2, 0.25) is 0 Å². The van der Waals surface area contributed by atoms with Gasteiger partial charge in [-0.3, -0.25) is 4.98 Å². The Kier molecular flexibility index (Phi) is 4.60. The molecule has 23 heavy (non-hydrogen) atoms. The minimum atomic E-state index is -0.246. The standard InChI is InChI=1S/C19H16FN3/c20-18-10-16-5-2-7-23-19(16)17(11-18)13-22-8-6-14-3-1-4-15(9-14)12-21/h1-5,7,9-11,22H,6,8,13H2. The first-order valence-electron chi connectivity index (χ1n) is 7.49. The molecule has 0 amide bonds. The van der Waals surface area contributed by atoms with Crippen LogP contribution in [0.15, 0.2) is 54.7 Å². The van der Waals surface area contributed by atoms with Gasteiger partial charge in [0.2, 0.25) is 0 Å². The number of halogens is 1. The largest absolute Gasteiger partial charge is 0.312 e. The van der Waals surface area contributed by atoms with Gasteiger partial charge >= 0.3 is 0 Å². The summed E-state index contributed by atoms with van der Waals surface area (Å²) in [7, 11) is 0. The van der Waals surface area contributed by atoms with E-state index >= 15 is 0 Å². The second-order valence-electron chi connectivity index (χ2n) is 5.38. The molecule has 0 saturated heterocycles. The van der Waals surface area contributed by atoms with Crippen LogP contribution in [0.1, 0.15) is 16.7 Å². The van der Waals surface area contributed by atoms with E-state index < -0.39 is 0 Å². The molecule has 0 atom stereocenters. The Morgan fingerprint density at radius 2 is 2.04 bits per heavy atom. The third-order valence-electron chi connectivity index (χ3n) is 3.71. The average molecular weight is 305 g/mol. The van der Waals surface area contributed by atoms with Crippen molar-refractivity contribution in [1.82, 2.24) is 10.3 Å². The highest BCUT2D eigenvalue weighted by molar-refractivity contribution is 5.81. The van der Waals surface area contributed by atoms with Crippen LogP contribution < -0.4 is 5.32 Å². The van der Waals surface area contributed by atoms with Gasteiger partial charge in [0.25, 0.3) is 0 Å². The van der Waals surface area contributed by atoms with Gasteiger partial charge in [0.1, 0.15) is 5.82 Å². The summed E-state index contributed by atoms with van der Waals surface area (Å²) in [5, 5.41) is 13.0. The fourth-order valence-corrected chi connectivity index (χ4v) is 2.61. The van der Waals surface area contributed by atoms with Gasteiger partial charge in [-0.1, -0.05) is 18.2 Å². The Morgan fingerprint density at radius 3 is 2.91 bits per heavy atom. The van der Waals surface area contributed by atoms with Crippen LogP contribution in [-0.4, -0.2) is 11.5 Å². The Hall–Kier alpha value is -2.77. The second kappa shape index (κ2) is 6.99. The summed E-state index contributed by atoms with van der Waals surface area (Å²) in [5.74, 6) is -0.246. The van der Waals surface area contributed by atoms with Crippen LogP contribution in [0.5, 0.6) is 0 Å². The predicted molar refractivity (Wildman–Crippen MR) is 88.3 cm³/mol. The summed E-state index contributed by atoms with van der Waals surface area (Å²) in [4.78, 5) is 4.34. The van der Waals surface area contributed by atoms with Gasteiger partial charge in [0, 0.05) is 18.1 Å². The lowest BCUT2D eigenvalue weighted by atomic mass is 10.1. The smallest absolute Gasteiger partial charge is 0.124 e. The highest BCUT2D eigenvalue weighted by atomic mass is 19.1. The minimum absolute atomic E-state index is 0.246. The highest BCUT2D eigenvalue weighted by Gasteiger charge is 2.05. The van der Waals surface area contributed by atoms with Crippen LogP contribution in [0, 0.1) is 17.1 Å². The van der Waals surface area contributed by atoms with Gasteiger partial charge in [-0.05, 0) is 54.4 Å². The Bertz CT molecular complexity index is 868. The van der Waals surface area contributed by atoms with Crippen molar-refractivity contribution in [2.75, 3.05) is 6.54 Å². The van der Waals surface area contributed by atoms with Gasteiger partial charge in [-0.25, -0.2) is 4.39 Å². The van der Waals surface area contributed by atoms with E-state index in [1.165, 1.54) is 12.1 Å². The topological polar surface area (TPSA) is 48.7 Å². The number of benzene rings is 2. The molecule has 0 bridgehead atoms. The summed E-state index contributed by atoms with van der Waals surface area (Å²) in [6.07, 6.45) is 2.54. The normalized spacial score (nSPS) is 10.6. The number of pyridine rings is 1. The second-order valence-corrected chi connectivity index (χ2v) is 5.38. The van der Waals surface area contributed by atoms with Crippen molar-refractivity contribution in [1.29, 1.82) is 5.26 Å². The molecular weight excluding hydrogens is 289 g/mol. The van der Waals surface area contributed by atoms with Crippen molar-refractivity contribution in [3.63, 3.8) is 0 Å². The molecule has 114 valence electrons. The van der Waals surface area contributed by atoms with E-state index in [9.17, 15) is 4.39 Å². The lowest BCUT2D eigenvalue weighted by Gasteiger charge is -2.08. The third kappa shape index (κ3) is 3.71. The molecule has 0 aliphatic carbocycles. The van der Waals surface area contributed by atoms with Crippen molar-refractivity contribution in [2.45, 2.75) is 13.0 Å². The molecule has 0 aliphatic heterocycles. The van der Waals surface area contributed by atoms with Crippen LogP contribution in [0.4, 0.5) is 4.39 Å². The maximum atomic E-state index is 13.7. The zero-order chi connectivity index (χ0) is 16.1. The SMILES string of the molecule is N#Cc1cccc(CCNCc2cc(F)cc3cccnc23)c1. The lowest BCUT2D eigenvalue weighted by Crippen LogP contribution is -2.17. The van der Waals surface area contributed by atoms with E-state index in [2.05, 4.69) is 16.4 Å². The van der Waals surface area contributed by atoms with Crippen molar-refractivity contribution in [2.24, 2.45) is 0 Å². The molecule has 0 saturated carbocycles. The molecule has 4 heteroatoms. The molecule has 2 aromatic carbocycles. The number of aromatic nitrogens is 1. The molecule has 0 spiro atoms.